The highest BCUT2D eigenvalue weighted by Crippen LogP contribution is 2.05. The van der Waals surface area contributed by atoms with E-state index in [9.17, 15) is 4.79 Å². The standard InChI is InChI=1S/C7H6N2O/c8-3-1-6-2-4-9-7(10)5-6/h1-2,4H,5H2,(H,9,10). The third-order valence-corrected chi connectivity index (χ3v) is 1.16. The summed E-state index contributed by atoms with van der Waals surface area (Å²) >= 11 is 0. The van der Waals surface area contributed by atoms with Gasteiger partial charge in [-0.25, -0.2) is 0 Å². The van der Waals surface area contributed by atoms with E-state index in [1.165, 1.54) is 12.3 Å². The van der Waals surface area contributed by atoms with Gasteiger partial charge in [-0.2, -0.15) is 5.26 Å². The molecule has 0 aliphatic carbocycles. The number of hydrogen-bond acceptors (Lipinski definition) is 2. The first-order valence-electron chi connectivity index (χ1n) is 2.87. The Bertz CT molecular complexity index is 245. The Morgan fingerprint density at radius 3 is 3.20 bits per heavy atom. The van der Waals surface area contributed by atoms with Crippen LogP contribution in [0.25, 0.3) is 0 Å². The second-order valence-electron chi connectivity index (χ2n) is 1.93. The summed E-state index contributed by atoms with van der Waals surface area (Å²) in [6.45, 7) is 0. The van der Waals surface area contributed by atoms with E-state index in [1.807, 2.05) is 6.07 Å². The molecule has 1 amide bonds. The first-order valence-corrected chi connectivity index (χ1v) is 2.87. The van der Waals surface area contributed by atoms with Crippen LogP contribution in [0.4, 0.5) is 0 Å². The second kappa shape index (κ2) is 2.83. The maximum Gasteiger partial charge on any atom is 0.228 e. The summed E-state index contributed by atoms with van der Waals surface area (Å²) in [7, 11) is 0. The quantitative estimate of drug-likeness (QED) is 0.489. The van der Waals surface area contributed by atoms with E-state index in [2.05, 4.69) is 5.32 Å². The number of nitrogens with one attached hydrogen (secondary N) is 1. The van der Waals surface area contributed by atoms with Crippen LogP contribution >= 0.6 is 0 Å². The Hall–Kier alpha value is -1.56. The van der Waals surface area contributed by atoms with Crippen molar-refractivity contribution in [2.24, 2.45) is 0 Å². The minimum Gasteiger partial charge on any atom is -0.332 e. The van der Waals surface area contributed by atoms with E-state index < -0.39 is 0 Å². The van der Waals surface area contributed by atoms with Gasteiger partial charge in [-0.3, -0.25) is 4.79 Å². The van der Waals surface area contributed by atoms with Crippen molar-refractivity contribution in [1.29, 1.82) is 5.26 Å². The molecule has 1 rings (SSSR count). The fourth-order valence-electron chi connectivity index (χ4n) is 0.719. The molecular formula is C7H6N2O. The first-order chi connectivity index (χ1) is 4.83. The number of carbonyl (C=O) groups is 1. The monoisotopic (exact) mass is 134 g/mol. The molecule has 0 radical (unpaired) electrons. The Balaban J connectivity index is 2.75. The summed E-state index contributed by atoms with van der Waals surface area (Å²) in [6, 6.07) is 1.86. The molecule has 0 aromatic heterocycles. The van der Waals surface area contributed by atoms with Crippen molar-refractivity contribution in [1.82, 2.24) is 5.32 Å². The zero-order valence-corrected chi connectivity index (χ0v) is 5.29. The van der Waals surface area contributed by atoms with Crippen molar-refractivity contribution in [3.05, 3.63) is 23.9 Å². The molecule has 0 bridgehead atoms. The Labute approximate surface area is 58.6 Å². The third kappa shape index (κ3) is 1.46. The van der Waals surface area contributed by atoms with Crippen molar-refractivity contribution in [3.63, 3.8) is 0 Å². The molecule has 0 saturated carbocycles. The summed E-state index contributed by atoms with van der Waals surface area (Å²) in [5, 5.41) is 10.7. The van der Waals surface area contributed by atoms with Gasteiger partial charge in [0.15, 0.2) is 0 Å². The molecule has 0 saturated heterocycles. The zero-order chi connectivity index (χ0) is 7.40. The number of nitriles is 1. The van der Waals surface area contributed by atoms with Crippen molar-refractivity contribution < 1.29 is 4.79 Å². The average Bonchev–Trinajstić information content (AvgIpc) is 1.88. The van der Waals surface area contributed by atoms with Crippen LogP contribution < -0.4 is 5.32 Å². The van der Waals surface area contributed by atoms with Gasteiger partial charge in [0.2, 0.25) is 5.91 Å². The highest BCUT2D eigenvalue weighted by molar-refractivity contribution is 5.81. The van der Waals surface area contributed by atoms with E-state index in [4.69, 9.17) is 5.26 Å². The number of allylic oxidation sites excluding steroid dienone is 2. The lowest BCUT2D eigenvalue weighted by Gasteiger charge is -2.05. The Morgan fingerprint density at radius 1 is 1.80 bits per heavy atom. The van der Waals surface area contributed by atoms with Gasteiger partial charge in [0.05, 0.1) is 12.5 Å². The molecule has 10 heavy (non-hydrogen) atoms. The lowest BCUT2D eigenvalue weighted by atomic mass is 10.1. The summed E-state index contributed by atoms with van der Waals surface area (Å²) < 4.78 is 0. The second-order valence-corrected chi connectivity index (χ2v) is 1.93. The maximum absolute atomic E-state index is 10.6. The highest BCUT2D eigenvalue weighted by atomic mass is 16.1. The molecule has 50 valence electrons. The van der Waals surface area contributed by atoms with Crippen LogP contribution in [0.5, 0.6) is 0 Å². The van der Waals surface area contributed by atoms with Gasteiger partial charge in [0.25, 0.3) is 0 Å². The van der Waals surface area contributed by atoms with Gasteiger partial charge >= 0.3 is 0 Å². The van der Waals surface area contributed by atoms with Crippen LogP contribution in [0.1, 0.15) is 6.42 Å². The average molecular weight is 134 g/mol. The molecule has 1 heterocycles. The van der Waals surface area contributed by atoms with E-state index in [0.29, 0.717) is 6.42 Å². The third-order valence-electron chi connectivity index (χ3n) is 1.16. The molecule has 3 heteroatoms. The van der Waals surface area contributed by atoms with E-state index in [0.717, 1.165) is 5.57 Å². The topological polar surface area (TPSA) is 52.9 Å². The van der Waals surface area contributed by atoms with Crippen LogP contribution in [-0.4, -0.2) is 5.91 Å². The fraction of sp³-hybridized carbons (Fsp3) is 0.143. The summed E-state index contributed by atoms with van der Waals surface area (Å²) in [5.74, 6) is -0.0657. The van der Waals surface area contributed by atoms with Gasteiger partial charge in [-0.05, 0) is 11.6 Å². The number of amides is 1. The molecule has 1 aliphatic heterocycles. The number of hydrogen-bond donors (Lipinski definition) is 1. The predicted molar refractivity (Wildman–Crippen MR) is 35.6 cm³/mol. The van der Waals surface area contributed by atoms with Gasteiger partial charge in [0, 0.05) is 12.3 Å². The normalized spacial score (nSPS) is 20.3. The molecule has 3 nitrogen and oxygen atoms in total. The Kier molecular flexibility index (Phi) is 1.86. The Morgan fingerprint density at radius 2 is 2.60 bits per heavy atom. The van der Waals surface area contributed by atoms with Crippen LogP contribution in [0, 0.1) is 11.3 Å². The molecule has 1 aliphatic rings. The highest BCUT2D eigenvalue weighted by Gasteiger charge is 2.05. The minimum absolute atomic E-state index is 0.0657. The van der Waals surface area contributed by atoms with Gasteiger partial charge in [-0.15, -0.1) is 0 Å². The number of carbonyl (C=O) groups excluding carboxylic acids is 1. The maximum atomic E-state index is 10.6. The predicted octanol–water partition coefficient (Wildman–Crippen LogP) is 0.470. The first kappa shape index (κ1) is 6.56. The summed E-state index contributed by atoms with van der Waals surface area (Å²) in [5.41, 5.74) is 0.756. The summed E-state index contributed by atoms with van der Waals surface area (Å²) in [6.07, 6.45) is 4.93. The molecule has 0 spiro atoms. The number of nitrogens with zero attached hydrogens (tertiary/aromatic N) is 1. The molecule has 0 unspecified atom stereocenters. The SMILES string of the molecule is N#CC=C1C=CNC(=O)C1. The van der Waals surface area contributed by atoms with Gasteiger partial charge in [-0.1, -0.05) is 0 Å². The molecule has 0 aromatic carbocycles. The van der Waals surface area contributed by atoms with Crippen molar-refractivity contribution in [2.75, 3.05) is 0 Å². The van der Waals surface area contributed by atoms with Crippen LogP contribution in [0.15, 0.2) is 23.9 Å². The van der Waals surface area contributed by atoms with Crippen LogP contribution in [0.2, 0.25) is 0 Å². The van der Waals surface area contributed by atoms with E-state index in [-0.39, 0.29) is 5.91 Å². The molecule has 0 fully saturated rings. The lowest BCUT2D eigenvalue weighted by Crippen LogP contribution is -2.20. The molecular weight excluding hydrogens is 128 g/mol. The van der Waals surface area contributed by atoms with Crippen molar-refractivity contribution >= 4 is 5.91 Å². The lowest BCUT2D eigenvalue weighted by molar-refractivity contribution is -0.119. The van der Waals surface area contributed by atoms with E-state index >= 15 is 0 Å². The summed E-state index contributed by atoms with van der Waals surface area (Å²) in [4.78, 5) is 10.6. The van der Waals surface area contributed by atoms with Crippen LogP contribution in [0.3, 0.4) is 0 Å². The smallest absolute Gasteiger partial charge is 0.228 e. The minimum atomic E-state index is -0.0657. The van der Waals surface area contributed by atoms with Crippen LogP contribution in [-0.2, 0) is 4.79 Å². The molecule has 1 N–H and O–H groups in total. The van der Waals surface area contributed by atoms with Gasteiger partial charge < -0.3 is 5.32 Å². The number of rotatable bonds is 0. The van der Waals surface area contributed by atoms with Gasteiger partial charge in [0.1, 0.15) is 0 Å². The van der Waals surface area contributed by atoms with Crippen molar-refractivity contribution in [3.8, 4) is 6.07 Å². The fourth-order valence-corrected chi connectivity index (χ4v) is 0.719. The largest absolute Gasteiger partial charge is 0.332 e. The molecule has 0 atom stereocenters. The van der Waals surface area contributed by atoms with Crippen molar-refractivity contribution in [2.45, 2.75) is 6.42 Å². The zero-order valence-electron chi connectivity index (χ0n) is 5.29. The van der Waals surface area contributed by atoms with E-state index in [1.54, 1.807) is 6.08 Å². The molecule has 0 aromatic rings.